The zero-order valence-electron chi connectivity index (χ0n) is 10.0. The molecule has 15 heavy (non-hydrogen) atoms. The van der Waals surface area contributed by atoms with Crippen LogP contribution in [0.15, 0.2) is 0 Å². The van der Waals surface area contributed by atoms with E-state index in [0.717, 1.165) is 25.9 Å². The molecule has 0 radical (unpaired) electrons. The maximum Gasteiger partial charge on any atom is 0.222 e. The normalized spacial score (nSPS) is 23.9. The van der Waals surface area contributed by atoms with Crippen LogP contribution in [-0.2, 0) is 4.79 Å². The first-order valence-corrected chi connectivity index (χ1v) is 6.13. The average Bonchev–Trinajstić information content (AvgIpc) is 2.17. The highest BCUT2D eigenvalue weighted by Crippen LogP contribution is 2.16. The van der Waals surface area contributed by atoms with Gasteiger partial charge < -0.3 is 10.6 Å². The van der Waals surface area contributed by atoms with Crippen molar-refractivity contribution in [3.63, 3.8) is 0 Å². The molecule has 2 atom stereocenters. The lowest BCUT2D eigenvalue weighted by Gasteiger charge is -2.31. The van der Waals surface area contributed by atoms with Crippen molar-refractivity contribution in [2.45, 2.75) is 52.0 Å². The zero-order valence-corrected chi connectivity index (χ0v) is 10.0. The summed E-state index contributed by atoms with van der Waals surface area (Å²) in [6, 6.07) is 0.220. The first kappa shape index (κ1) is 12.5. The quantitative estimate of drug-likeness (QED) is 0.772. The molecule has 3 heteroatoms. The van der Waals surface area contributed by atoms with Crippen molar-refractivity contribution in [2.24, 2.45) is 11.7 Å². The predicted molar refractivity (Wildman–Crippen MR) is 62.5 cm³/mol. The molecule has 2 unspecified atom stereocenters. The Morgan fingerprint density at radius 1 is 1.60 bits per heavy atom. The van der Waals surface area contributed by atoms with Crippen LogP contribution >= 0.6 is 0 Å². The van der Waals surface area contributed by atoms with Gasteiger partial charge in [-0.3, -0.25) is 4.79 Å². The fraction of sp³-hybridized carbons (Fsp3) is 0.917. The summed E-state index contributed by atoms with van der Waals surface area (Å²) in [6.45, 7) is 6.13. The van der Waals surface area contributed by atoms with Gasteiger partial charge >= 0.3 is 0 Å². The van der Waals surface area contributed by atoms with Gasteiger partial charge in [0.1, 0.15) is 0 Å². The molecule has 3 nitrogen and oxygen atoms in total. The molecule has 0 aliphatic carbocycles. The first-order valence-electron chi connectivity index (χ1n) is 6.13. The van der Waals surface area contributed by atoms with Crippen LogP contribution in [0.5, 0.6) is 0 Å². The van der Waals surface area contributed by atoms with Gasteiger partial charge in [-0.05, 0) is 38.5 Å². The third-order valence-corrected chi connectivity index (χ3v) is 3.06. The van der Waals surface area contributed by atoms with E-state index in [1.165, 1.54) is 12.8 Å². The second kappa shape index (κ2) is 6.11. The van der Waals surface area contributed by atoms with Crippen LogP contribution < -0.4 is 5.73 Å². The van der Waals surface area contributed by atoms with Crippen molar-refractivity contribution in [3.8, 4) is 0 Å². The Morgan fingerprint density at radius 3 is 2.93 bits per heavy atom. The molecule has 0 spiro atoms. The second-order valence-corrected chi connectivity index (χ2v) is 4.96. The van der Waals surface area contributed by atoms with Gasteiger partial charge in [-0.25, -0.2) is 0 Å². The molecule has 0 aromatic rings. The Labute approximate surface area is 93.0 Å². The third kappa shape index (κ3) is 4.65. The van der Waals surface area contributed by atoms with Gasteiger partial charge in [-0.2, -0.15) is 0 Å². The van der Waals surface area contributed by atoms with Gasteiger partial charge in [-0.15, -0.1) is 0 Å². The molecule has 0 bridgehead atoms. The van der Waals surface area contributed by atoms with E-state index in [1.807, 2.05) is 11.8 Å². The summed E-state index contributed by atoms with van der Waals surface area (Å²) in [7, 11) is 0. The number of nitrogens with two attached hydrogens (primary N) is 1. The van der Waals surface area contributed by atoms with Crippen LogP contribution in [0.1, 0.15) is 46.0 Å². The van der Waals surface area contributed by atoms with E-state index in [0.29, 0.717) is 18.2 Å². The molecule has 2 N–H and O–H groups in total. The fourth-order valence-corrected chi connectivity index (χ4v) is 2.15. The minimum Gasteiger partial charge on any atom is -0.342 e. The van der Waals surface area contributed by atoms with E-state index in [1.54, 1.807) is 0 Å². The van der Waals surface area contributed by atoms with Gasteiger partial charge in [0.25, 0.3) is 0 Å². The summed E-state index contributed by atoms with van der Waals surface area (Å²) < 4.78 is 0. The number of likely N-dealkylation sites (tertiary alicyclic amines) is 1. The highest BCUT2D eigenvalue weighted by atomic mass is 16.2. The van der Waals surface area contributed by atoms with Crippen molar-refractivity contribution in [1.29, 1.82) is 0 Å². The maximum absolute atomic E-state index is 11.8. The van der Waals surface area contributed by atoms with E-state index in [2.05, 4.69) is 6.92 Å². The van der Waals surface area contributed by atoms with Crippen LogP contribution in [0.4, 0.5) is 0 Å². The fourth-order valence-electron chi connectivity index (χ4n) is 2.15. The Bertz CT molecular complexity index is 204. The molecule has 1 fully saturated rings. The number of hydrogen-bond acceptors (Lipinski definition) is 2. The molecule has 0 aromatic carbocycles. The molecule has 1 aliphatic heterocycles. The third-order valence-electron chi connectivity index (χ3n) is 3.06. The Hall–Kier alpha value is -0.570. The number of hydrogen-bond donors (Lipinski definition) is 1. The molecule has 1 amide bonds. The summed E-state index contributed by atoms with van der Waals surface area (Å²) in [5, 5.41) is 0. The monoisotopic (exact) mass is 212 g/mol. The van der Waals surface area contributed by atoms with Crippen molar-refractivity contribution >= 4 is 5.91 Å². The van der Waals surface area contributed by atoms with Crippen molar-refractivity contribution in [1.82, 2.24) is 4.90 Å². The molecule has 88 valence electrons. The molecular weight excluding hydrogens is 188 g/mol. The van der Waals surface area contributed by atoms with E-state index in [9.17, 15) is 4.79 Å². The van der Waals surface area contributed by atoms with Gasteiger partial charge in [0.2, 0.25) is 5.91 Å². The minimum atomic E-state index is 0.220. The number of piperidine rings is 1. The number of carbonyl (C=O) groups is 1. The molecule has 0 aromatic heterocycles. The number of amides is 1. The first-order chi connectivity index (χ1) is 7.09. The summed E-state index contributed by atoms with van der Waals surface area (Å²) >= 11 is 0. The van der Waals surface area contributed by atoms with Crippen LogP contribution in [0.2, 0.25) is 0 Å². The highest BCUT2D eigenvalue weighted by Gasteiger charge is 2.20. The Kier molecular flexibility index (Phi) is 5.09. The molecule has 1 aliphatic rings. The molecule has 1 saturated heterocycles. The smallest absolute Gasteiger partial charge is 0.222 e. The number of nitrogens with zero attached hydrogens (tertiary/aromatic N) is 1. The predicted octanol–water partition coefficient (Wildman–Crippen LogP) is 1.76. The van der Waals surface area contributed by atoms with Gasteiger partial charge in [0, 0.05) is 25.6 Å². The van der Waals surface area contributed by atoms with E-state index >= 15 is 0 Å². The number of carbonyl (C=O) groups excluding carboxylic acids is 1. The van der Waals surface area contributed by atoms with Crippen LogP contribution in [-0.4, -0.2) is 29.9 Å². The van der Waals surface area contributed by atoms with Gasteiger partial charge in [-0.1, -0.05) is 6.92 Å². The molecular formula is C12H24N2O. The van der Waals surface area contributed by atoms with E-state index in [4.69, 9.17) is 5.73 Å². The molecule has 1 rings (SSSR count). The standard InChI is InChI=1S/C12H24N2O/c1-10-5-4-8-14(9-10)12(15)7-3-6-11(2)13/h10-11H,3-9,13H2,1-2H3. The van der Waals surface area contributed by atoms with Crippen molar-refractivity contribution in [3.05, 3.63) is 0 Å². The summed E-state index contributed by atoms with van der Waals surface area (Å²) in [6.07, 6.45) is 4.99. The van der Waals surface area contributed by atoms with E-state index < -0.39 is 0 Å². The van der Waals surface area contributed by atoms with E-state index in [-0.39, 0.29) is 6.04 Å². The van der Waals surface area contributed by atoms with Crippen LogP contribution in [0, 0.1) is 5.92 Å². The van der Waals surface area contributed by atoms with Crippen LogP contribution in [0.25, 0.3) is 0 Å². The number of rotatable bonds is 4. The van der Waals surface area contributed by atoms with Gasteiger partial charge in [0.05, 0.1) is 0 Å². The maximum atomic E-state index is 11.8. The minimum absolute atomic E-state index is 0.220. The average molecular weight is 212 g/mol. The topological polar surface area (TPSA) is 46.3 Å². The Morgan fingerprint density at radius 2 is 2.33 bits per heavy atom. The Balaban J connectivity index is 2.21. The van der Waals surface area contributed by atoms with Crippen molar-refractivity contribution in [2.75, 3.05) is 13.1 Å². The SMILES string of the molecule is CC(N)CCCC(=O)N1CCCC(C)C1. The lowest BCUT2D eigenvalue weighted by Crippen LogP contribution is -2.39. The van der Waals surface area contributed by atoms with Gasteiger partial charge in [0.15, 0.2) is 0 Å². The van der Waals surface area contributed by atoms with Crippen molar-refractivity contribution < 1.29 is 4.79 Å². The molecule has 1 heterocycles. The second-order valence-electron chi connectivity index (χ2n) is 4.96. The summed E-state index contributed by atoms with van der Waals surface area (Å²) in [5.74, 6) is 0.998. The highest BCUT2D eigenvalue weighted by molar-refractivity contribution is 5.76. The largest absolute Gasteiger partial charge is 0.342 e. The zero-order chi connectivity index (χ0) is 11.3. The lowest BCUT2D eigenvalue weighted by atomic mass is 10.00. The molecule has 0 saturated carbocycles. The van der Waals surface area contributed by atoms with Crippen LogP contribution in [0.3, 0.4) is 0 Å². The summed E-state index contributed by atoms with van der Waals surface area (Å²) in [4.78, 5) is 13.8. The lowest BCUT2D eigenvalue weighted by molar-refractivity contribution is -0.133. The summed E-state index contributed by atoms with van der Waals surface area (Å²) in [5.41, 5.74) is 5.65.